The molecule has 4 rings (SSSR count). The molecular weight excluding hydrogens is 625 g/mol. The van der Waals surface area contributed by atoms with E-state index in [1.807, 2.05) is 17.7 Å². The van der Waals surface area contributed by atoms with Gasteiger partial charge in [0.25, 0.3) is 0 Å². The summed E-state index contributed by atoms with van der Waals surface area (Å²) in [5.41, 5.74) is 1.23. The fraction of sp³-hybridized carbons (Fsp3) is 0.515. The zero-order chi connectivity index (χ0) is 34.5. The first-order valence-corrected chi connectivity index (χ1v) is 19.5. The highest BCUT2D eigenvalue weighted by atomic mass is 28.3. The van der Waals surface area contributed by atoms with E-state index in [1.165, 1.54) is 21.9 Å². The lowest BCUT2D eigenvalue weighted by atomic mass is 10.0. The molecule has 3 amide bonds. The van der Waals surface area contributed by atoms with Gasteiger partial charge in [-0.05, 0) is 63.1 Å². The summed E-state index contributed by atoms with van der Waals surface area (Å²) in [6.45, 7) is 15.6. The maximum absolute atomic E-state index is 15.5. The number of carbonyl (C=O) groups excluding carboxylic acids is 2. The molecule has 2 aromatic heterocycles. The second-order valence-electron chi connectivity index (χ2n) is 14.0. The van der Waals surface area contributed by atoms with Gasteiger partial charge in [0.2, 0.25) is 5.91 Å². The van der Waals surface area contributed by atoms with E-state index >= 15 is 4.39 Å². The van der Waals surface area contributed by atoms with Crippen molar-refractivity contribution < 1.29 is 38.1 Å². The molecule has 1 unspecified atom stereocenters. The Balaban J connectivity index is 1.50. The molecule has 1 aromatic carbocycles. The van der Waals surface area contributed by atoms with E-state index in [9.17, 15) is 19.5 Å². The Morgan fingerprint density at radius 2 is 1.74 bits per heavy atom. The Bertz CT molecular complexity index is 1590. The van der Waals surface area contributed by atoms with E-state index in [1.54, 1.807) is 39.1 Å². The topological polar surface area (TPSA) is 135 Å². The summed E-state index contributed by atoms with van der Waals surface area (Å²) in [6, 6.07) is 6.07. The maximum atomic E-state index is 15.5. The number of alkyl carbamates (subject to hydrolysis) is 1. The summed E-state index contributed by atoms with van der Waals surface area (Å²) in [5.74, 6) is -0.615. The summed E-state index contributed by atoms with van der Waals surface area (Å²) in [4.78, 5) is 44.7. The number of hydrogen-bond donors (Lipinski definition) is 2. The summed E-state index contributed by atoms with van der Waals surface area (Å²) >= 11 is 0. The number of carboxylic acid groups (broad SMARTS) is 1. The zero-order valence-electron chi connectivity index (χ0n) is 28.3. The smallest absolute Gasteiger partial charge is 0.408 e. The number of nitrogens with zero attached hydrogens (tertiary/aromatic N) is 4. The van der Waals surface area contributed by atoms with Gasteiger partial charge in [-0.25, -0.2) is 19.0 Å². The zero-order valence-corrected chi connectivity index (χ0v) is 29.3. The van der Waals surface area contributed by atoms with Gasteiger partial charge in [-0.2, -0.15) is 0 Å². The highest BCUT2D eigenvalue weighted by Crippen LogP contribution is 2.34. The molecule has 1 atom stereocenters. The molecule has 47 heavy (non-hydrogen) atoms. The van der Waals surface area contributed by atoms with Crippen molar-refractivity contribution in [1.82, 2.24) is 24.7 Å². The van der Waals surface area contributed by atoms with Crippen LogP contribution in [0.4, 0.5) is 14.0 Å². The molecule has 3 heterocycles. The Morgan fingerprint density at radius 3 is 2.36 bits per heavy atom. The van der Waals surface area contributed by atoms with Gasteiger partial charge in [-0.15, -0.1) is 0 Å². The van der Waals surface area contributed by atoms with Gasteiger partial charge in [0.15, 0.2) is 11.6 Å². The van der Waals surface area contributed by atoms with Gasteiger partial charge >= 0.3 is 12.2 Å². The molecule has 1 aliphatic heterocycles. The first kappa shape index (κ1) is 35.7. The van der Waals surface area contributed by atoms with Gasteiger partial charge in [0, 0.05) is 59.7 Å². The lowest BCUT2D eigenvalue weighted by Crippen LogP contribution is -2.56. The molecular formula is C33H46FN5O7Si. The molecule has 12 nitrogen and oxygen atoms in total. The van der Waals surface area contributed by atoms with Crippen LogP contribution in [0.3, 0.4) is 0 Å². The lowest BCUT2D eigenvalue weighted by Gasteiger charge is -2.35. The number of benzene rings is 1. The number of hydrogen-bond acceptors (Lipinski definition) is 7. The van der Waals surface area contributed by atoms with E-state index in [2.05, 4.69) is 29.9 Å². The summed E-state index contributed by atoms with van der Waals surface area (Å²) in [5, 5.41) is 12.6. The van der Waals surface area contributed by atoms with Crippen molar-refractivity contribution in [3.63, 3.8) is 0 Å². The van der Waals surface area contributed by atoms with Gasteiger partial charge in [0.1, 0.15) is 29.8 Å². The first-order chi connectivity index (χ1) is 22.0. The molecule has 1 aliphatic rings. The van der Waals surface area contributed by atoms with Gasteiger partial charge in [-0.3, -0.25) is 4.79 Å². The maximum Gasteiger partial charge on any atom is 0.408 e. The van der Waals surface area contributed by atoms with Gasteiger partial charge < -0.3 is 39.0 Å². The van der Waals surface area contributed by atoms with Crippen LogP contribution in [-0.4, -0.2) is 95.1 Å². The number of amides is 3. The number of halogens is 1. The normalized spacial score (nSPS) is 14.6. The molecule has 14 heteroatoms. The second kappa shape index (κ2) is 14.7. The van der Waals surface area contributed by atoms with Crippen molar-refractivity contribution in [3.05, 3.63) is 53.6 Å². The lowest BCUT2D eigenvalue weighted by molar-refractivity contribution is -0.135. The molecule has 1 fully saturated rings. The number of fused-ring (bicyclic) bond motifs is 1. The van der Waals surface area contributed by atoms with Crippen LogP contribution >= 0.6 is 0 Å². The van der Waals surface area contributed by atoms with Crippen molar-refractivity contribution in [2.75, 3.05) is 32.8 Å². The number of pyridine rings is 1. The number of piperazine rings is 1. The van der Waals surface area contributed by atoms with E-state index in [0.717, 1.165) is 17.0 Å². The fourth-order valence-electron chi connectivity index (χ4n) is 5.20. The van der Waals surface area contributed by atoms with Crippen LogP contribution < -0.4 is 10.1 Å². The predicted octanol–water partition coefficient (Wildman–Crippen LogP) is 5.85. The number of ether oxygens (including phenoxy) is 3. The van der Waals surface area contributed by atoms with Crippen molar-refractivity contribution in [2.45, 2.75) is 78.2 Å². The highest BCUT2D eigenvalue weighted by molar-refractivity contribution is 6.76. The number of rotatable bonds is 11. The molecule has 2 N–H and O–H groups in total. The molecule has 1 saturated heterocycles. The van der Waals surface area contributed by atoms with E-state index in [0.29, 0.717) is 30.3 Å². The second-order valence-corrected chi connectivity index (χ2v) is 19.6. The summed E-state index contributed by atoms with van der Waals surface area (Å²) in [7, 11) is -1.22. The van der Waals surface area contributed by atoms with Crippen LogP contribution in [0.25, 0.3) is 11.0 Å². The summed E-state index contributed by atoms with van der Waals surface area (Å²) < 4.78 is 34.8. The van der Waals surface area contributed by atoms with Crippen LogP contribution in [0.2, 0.25) is 25.7 Å². The first-order valence-electron chi connectivity index (χ1n) is 15.8. The van der Waals surface area contributed by atoms with Crippen molar-refractivity contribution in [3.8, 4) is 11.5 Å². The Kier molecular flexibility index (Phi) is 11.2. The van der Waals surface area contributed by atoms with Gasteiger partial charge in [0.05, 0.1) is 5.39 Å². The van der Waals surface area contributed by atoms with E-state index in [4.69, 9.17) is 14.2 Å². The standard InChI is InChI=1S/C33H46FN5O7Si/c1-22-20-39(21-44-16-17-47(5,6)7)29-28(22)27(10-11-35-29)45-26-9-8-23(18-24(26)34)19-25(36-31(41)46-33(2,3)4)30(40)37-12-14-38(15-13-37)32(42)43/h8-11,18,20,25H,12-17,19,21H2,1-7H3,(H,36,41)(H,42,43). The number of carbonyl (C=O) groups is 3. The molecule has 0 aliphatic carbocycles. The third-order valence-corrected chi connectivity index (χ3v) is 9.35. The largest absolute Gasteiger partial charge is 0.465 e. The van der Waals surface area contributed by atoms with Gasteiger partial charge in [-0.1, -0.05) is 25.7 Å². The highest BCUT2D eigenvalue weighted by Gasteiger charge is 2.31. The predicted molar refractivity (Wildman–Crippen MR) is 178 cm³/mol. The monoisotopic (exact) mass is 671 g/mol. The minimum absolute atomic E-state index is 0.00689. The van der Waals surface area contributed by atoms with Crippen molar-refractivity contribution in [2.24, 2.45) is 0 Å². The molecule has 256 valence electrons. The van der Waals surface area contributed by atoms with Crippen molar-refractivity contribution in [1.29, 1.82) is 0 Å². The molecule has 0 bridgehead atoms. The quantitative estimate of drug-likeness (QED) is 0.192. The third-order valence-electron chi connectivity index (χ3n) is 7.64. The number of aromatic nitrogens is 2. The minimum Gasteiger partial charge on any atom is -0.465 e. The third kappa shape index (κ3) is 9.91. The molecule has 0 saturated carbocycles. The average Bonchev–Trinajstić information content (AvgIpc) is 3.30. The van der Waals surface area contributed by atoms with E-state index < -0.39 is 43.6 Å². The number of nitrogens with one attached hydrogen (secondary N) is 1. The molecule has 0 radical (unpaired) electrons. The Hall–Kier alpha value is -4.17. The SMILES string of the molecule is Cc1cn(COCC[Si](C)(C)C)c2nccc(Oc3ccc(CC(NC(=O)OC(C)(C)C)C(=O)N4CCN(C(=O)O)CC4)cc3F)c12. The van der Waals surface area contributed by atoms with E-state index in [-0.39, 0.29) is 38.3 Å². The Labute approximate surface area is 275 Å². The van der Waals surface area contributed by atoms with Crippen molar-refractivity contribution >= 4 is 37.2 Å². The minimum atomic E-state index is -1.22. The number of aryl methyl sites for hydroxylation is 1. The Morgan fingerprint density at radius 1 is 1.06 bits per heavy atom. The molecule has 3 aromatic rings. The van der Waals surface area contributed by atoms with Crippen LogP contribution in [0.1, 0.15) is 31.9 Å². The van der Waals surface area contributed by atoms with Crippen LogP contribution in [0, 0.1) is 12.7 Å². The van der Waals surface area contributed by atoms with Crippen LogP contribution in [0.5, 0.6) is 11.5 Å². The fourth-order valence-corrected chi connectivity index (χ4v) is 5.96. The summed E-state index contributed by atoms with van der Waals surface area (Å²) in [6.07, 6.45) is 1.69. The van der Waals surface area contributed by atoms with Crippen LogP contribution in [-0.2, 0) is 27.4 Å². The van der Waals surface area contributed by atoms with Crippen LogP contribution in [0.15, 0.2) is 36.7 Å². The molecule has 0 spiro atoms. The average molecular weight is 672 g/mol.